The van der Waals surface area contributed by atoms with Gasteiger partial charge in [0.15, 0.2) is 4.34 Å². The second-order valence-electron chi connectivity index (χ2n) is 2.98. The van der Waals surface area contributed by atoms with E-state index in [0.29, 0.717) is 10.7 Å². The van der Waals surface area contributed by atoms with E-state index < -0.39 is 5.97 Å². The molecule has 2 aromatic heterocycles. The number of thiazole rings is 1. The van der Waals surface area contributed by atoms with Crippen LogP contribution in [0.2, 0.25) is 0 Å². The molecule has 0 bridgehead atoms. The first kappa shape index (κ1) is 11.9. The molecule has 7 heteroatoms. The molecule has 2 aromatic rings. The van der Waals surface area contributed by atoms with Crippen molar-refractivity contribution in [3.63, 3.8) is 0 Å². The van der Waals surface area contributed by atoms with Crippen molar-refractivity contribution in [2.75, 3.05) is 12.8 Å². The maximum absolute atomic E-state index is 11.3. The molecule has 0 aromatic carbocycles. The van der Waals surface area contributed by atoms with Crippen LogP contribution in [0.1, 0.15) is 10.5 Å². The number of rotatable bonds is 3. The lowest BCUT2D eigenvalue weighted by Crippen LogP contribution is -2.05. The van der Waals surface area contributed by atoms with Crippen LogP contribution < -0.4 is 5.73 Å². The molecule has 2 rings (SSSR count). The van der Waals surface area contributed by atoms with Crippen molar-refractivity contribution in [3.8, 4) is 0 Å². The number of esters is 1. The third-order valence-corrected chi connectivity index (χ3v) is 3.78. The molecule has 0 aliphatic heterocycles. The lowest BCUT2D eigenvalue weighted by Gasteiger charge is -2.04. The van der Waals surface area contributed by atoms with E-state index in [9.17, 15) is 4.79 Å². The number of carbonyl (C=O) groups excluding carboxylic acids is 1. The van der Waals surface area contributed by atoms with Crippen molar-refractivity contribution in [2.24, 2.45) is 0 Å². The number of anilines is 1. The number of hydrogen-bond acceptors (Lipinski definition) is 7. The van der Waals surface area contributed by atoms with Gasteiger partial charge >= 0.3 is 5.97 Å². The Hall–Kier alpha value is -1.60. The Labute approximate surface area is 106 Å². The van der Waals surface area contributed by atoms with Gasteiger partial charge in [-0.3, -0.25) is 0 Å². The Balaban J connectivity index is 2.29. The fourth-order valence-corrected chi connectivity index (χ4v) is 2.66. The maximum atomic E-state index is 11.3. The smallest absolute Gasteiger partial charge is 0.356 e. The maximum Gasteiger partial charge on any atom is 0.356 e. The molecule has 0 aliphatic rings. The summed E-state index contributed by atoms with van der Waals surface area (Å²) in [6.07, 6.45) is 1.70. The van der Waals surface area contributed by atoms with Gasteiger partial charge in [-0.15, -0.1) is 11.3 Å². The molecule has 0 saturated carbocycles. The van der Waals surface area contributed by atoms with E-state index in [1.54, 1.807) is 12.3 Å². The molecule has 0 aliphatic carbocycles. The number of pyridine rings is 1. The van der Waals surface area contributed by atoms with Gasteiger partial charge in [0.25, 0.3) is 0 Å². The highest BCUT2D eigenvalue weighted by Crippen LogP contribution is 2.31. The molecule has 2 N–H and O–H groups in total. The van der Waals surface area contributed by atoms with Gasteiger partial charge in [-0.1, -0.05) is 0 Å². The zero-order valence-electron chi connectivity index (χ0n) is 8.91. The van der Waals surface area contributed by atoms with E-state index in [4.69, 9.17) is 5.73 Å². The zero-order chi connectivity index (χ0) is 12.3. The van der Waals surface area contributed by atoms with Crippen LogP contribution in [0, 0.1) is 0 Å². The molecule has 2 heterocycles. The molecule has 5 nitrogen and oxygen atoms in total. The van der Waals surface area contributed by atoms with Gasteiger partial charge in [-0.25, -0.2) is 14.8 Å². The van der Waals surface area contributed by atoms with Crippen LogP contribution in [0.4, 0.5) is 5.69 Å². The fraction of sp³-hybridized carbons (Fsp3) is 0.100. The molecule has 0 fully saturated rings. The van der Waals surface area contributed by atoms with Crippen LogP contribution >= 0.6 is 23.1 Å². The number of nitrogen functional groups attached to an aromatic ring is 1. The summed E-state index contributed by atoms with van der Waals surface area (Å²) in [6, 6.07) is 3.17. The van der Waals surface area contributed by atoms with Gasteiger partial charge in [0.2, 0.25) is 0 Å². The van der Waals surface area contributed by atoms with Crippen molar-refractivity contribution < 1.29 is 9.53 Å². The Morgan fingerprint density at radius 2 is 2.35 bits per heavy atom. The second-order valence-corrected chi connectivity index (χ2v) is 5.11. The standard InChI is InChI=1S/C10H9N3O2S2/c1-15-9(14)7-3-2-6(11)8(13-7)17-10-12-4-5-16-10/h2-5H,11H2,1H3. The highest BCUT2D eigenvalue weighted by molar-refractivity contribution is 8.01. The summed E-state index contributed by atoms with van der Waals surface area (Å²) in [6.45, 7) is 0. The van der Waals surface area contributed by atoms with Crippen LogP contribution in [-0.2, 0) is 4.74 Å². The minimum absolute atomic E-state index is 0.237. The molecule has 0 saturated heterocycles. The molecule has 0 atom stereocenters. The third-order valence-electron chi connectivity index (χ3n) is 1.88. The van der Waals surface area contributed by atoms with Crippen LogP contribution in [0.5, 0.6) is 0 Å². The highest BCUT2D eigenvalue weighted by atomic mass is 32.2. The zero-order valence-corrected chi connectivity index (χ0v) is 10.5. The first-order valence-electron chi connectivity index (χ1n) is 4.63. The minimum atomic E-state index is -0.481. The predicted molar refractivity (Wildman–Crippen MR) is 66.2 cm³/mol. The number of ether oxygens (including phenoxy) is 1. The minimum Gasteiger partial charge on any atom is -0.464 e. The molecular formula is C10H9N3O2S2. The number of aromatic nitrogens is 2. The number of nitrogens with two attached hydrogens (primary N) is 1. The molecule has 0 radical (unpaired) electrons. The Kier molecular flexibility index (Phi) is 3.60. The summed E-state index contributed by atoms with van der Waals surface area (Å²) >= 11 is 2.81. The molecule has 88 valence electrons. The highest BCUT2D eigenvalue weighted by Gasteiger charge is 2.12. The van der Waals surface area contributed by atoms with Crippen molar-refractivity contribution in [2.45, 2.75) is 9.37 Å². The first-order valence-corrected chi connectivity index (χ1v) is 6.32. The summed E-state index contributed by atoms with van der Waals surface area (Å²) in [4.78, 5) is 19.6. The molecule has 0 spiro atoms. The average molecular weight is 267 g/mol. The third kappa shape index (κ3) is 2.75. The van der Waals surface area contributed by atoms with Gasteiger partial charge in [-0.05, 0) is 23.9 Å². The largest absolute Gasteiger partial charge is 0.464 e. The van der Waals surface area contributed by atoms with Crippen molar-refractivity contribution in [1.29, 1.82) is 0 Å². The summed E-state index contributed by atoms with van der Waals surface area (Å²) in [7, 11) is 1.31. The van der Waals surface area contributed by atoms with Crippen LogP contribution in [0.25, 0.3) is 0 Å². The lowest BCUT2D eigenvalue weighted by atomic mass is 10.3. The van der Waals surface area contributed by atoms with E-state index in [0.717, 1.165) is 4.34 Å². The van der Waals surface area contributed by atoms with Crippen LogP contribution in [-0.4, -0.2) is 23.0 Å². The van der Waals surface area contributed by atoms with E-state index in [2.05, 4.69) is 14.7 Å². The van der Waals surface area contributed by atoms with Crippen LogP contribution in [0.3, 0.4) is 0 Å². The van der Waals surface area contributed by atoms with Crippen molar-refractivity contribution in [1.82, 2.24) is 9.97 Å². The van der Waals surface area contributed by atoms with Gasteiger partial charge in [-0.2, -0.15) is 0 Å². The summed E-state index contributed by atoms with van der Waals surface area (Å²) in [5, 5.41) is 2.42. The van der Waals surface area contributed by atoms with Gasteiger partial charge in [0.05, 0.1) is 12.8 Å². The molecule has 0 unspecified atom stereocenters. The van der Waals surface area contributed by atoms with Crippen LogP contribution in [0.15, 0.2) is 33.1 Å². The monoisotopic (exact) mass is 267 g/mol. The summed E-state index contributed by atoms with van der Waals surface area (Å²) in [5.41, 5.74) is 6.54. The number of nitrogens with zero attached hydrogens (tertiary/aromatic N) is 2. The first-order chi connectivity index (χ1) is 8.20. The fourth-order valence-electron chi connectivity index (χ4n) is 1.09. The number of carbonyl (C=O) groups is 1. The van der Waals surface area contributed by atoms with Gasteiger partial charge in [0, 0.05) is 11.6 Å². The normalized spacial score (nSPS) is 10.2. The summed E-state index contributed by atoms with van der Waals surface area (Å²) in [5.74, 6) is -0.481. The average Bonchev–Trinajstić information content (AvgIpc) is 2.84. The van der Waals surface area contributed by atoms with Crippen molar-refractivity contribution in [3.05, 3.63) is 29.4 Å². The lowest BCUT2D eigenvalue weighted by molar-refractivity contribution is 0.0593. The SMILES string of the molecule is COC(=O)c1ccc(N)c(Sc2nccs2)n1. The molecule has 0 amide bonds. The second kappa shape index (κ2) is 5.15. The quantitative estimate of drug-likeness (QED) is 0.858. The number of methoxy groups -OCH3 is 1. The predicted octanol–water partition coefficient (Wildman–Crippen LogP) is 2.06. The van der Waals surface area contributed by atoms with E-state index in [1.807, 2.05) is 5.38 Å². The van der Waals surface area contributed by atoms with Gasteiger partial charge < -0.3 is 10.5 Å². The Morgan fingerprint density at radius 3 is 3.00 bits per heavy atom. The summed E-state index contributed by atoms with van der Waals surface area (Å²) < 4.78 is 5.43. The Bertz CT molecular complexity index is 528. The molecule has 17 heavy (non-hydrogen) atoms. The van der Waals surface area contributed by atoms with E-state index in [-0.39, 0.29) is 5.69 Å². The van der Waals surface area contributed by atoms with Crippen molar-refractivity contribution >= 4 is 34.8 Å². The van der Waals surface area contributed by atoms with E-state index in [1.165, 1.54) is 36.3 Å². The molecular weight excluding hydrogens is 258 g/mol. The van der Waals surface area contributed by atoms with Gasteiger partial charge in [0.1, 0.15) is 10.7 Å². The topological polar surface area (TPSA) is 78.1 Å². The number of hydrogen-bond donors (Lipinski definition) is 1. The van der Waals surface area contributed by atoms with E-state index >= 15 is 0 Å². The Morgan fingerprint density at radius 1 is 1.53 bits per heavy atom.